The van der Waals surface area contributed by atoms with E-state index in [2.05, 4.69) is 15.3 Å². The molecule has 0 saturated carbocycles. The third kappa shape index (κ3) is 2.34. The summed E-state index contributed by atoms with van der Waals surface area (Å²) in [6, 6.07) is 6.83. The van der Waals surface area contributed by atoms with Crippen molar-refractivity contribution in [2.24, 2.45) is 0 Å². The standard InChI is InChI=1S/C14H12FN3S/c1-16-14(11-8-17-4-5-18-11)13-7-9-6-10(15)2-3-12(9)19-13/h2-8,14,16H,1H3. The normalized spacial score (nSPS) is 12.7. The van der Waals surface area contributed by atoms with Crippen molar-refractivity contribution >= 4 is 21.4 Å². The highest BCUT2D eigenvalue weighted by atomic mass is 32.1. The van der Waals surface area contributed by atoms with E-state index in [-0.39, 0.29) is 11.9 Å². The maximum Gasteiger partial charge on any atom is 0.123 e. The minimum atomic E-state index is -0.211. The zero-order valence-electron chi connectivity index (χ0n) is 10.3. The lowest BCUT2D eigenvalue weighted by Crippen LogP contribution is -2.17. The first kappa shape index (κ1) is 12.2. The predicted octanol–water partition coefficient (Wildman–Crippen LogP) is 3.14. The zero-order valence-corrected chi connectivity index (χ0v) is 11.1. The number of rotatable bonds is 3. The van der Waals surface area contributed by atoms with Gasteiger partial charge in [0.25, 0.3) is 0 Å². The van der Waals surface area contributed by atoms with Gasteiger partial charge in [-0.3, -0.25) is 9.97 Å². The van der Waals surface area contributed by atoms with E-state index >= 15 is 0 Å². The van der Waals surface area contributed by atoms with Crippen LogP contribution < -0.4 is 5.32 Å². The average molecular weight is 273 g/mol. The molecule has 3 aromatic rings. The van der Waals surface area contributed by atoms with Crippen molar-refractivity contribution in [2.75, 3.05) is 7.05 Å². The third-order valence-corrected chi connectivity index (χ3v) is 4.13. The molecule has 1 atom stereocenters. The molecule has 0 aliphatic heterocycles. The van der Waals surface area contributed by atoms with Gasteiger partial charge in [0, 0.05) is 22.0 Å². The Morgan fingerprint density at radius 1 is 1.26 bits per heavy atom. The second-order valence-electron chi connectivity index (χ2n) is 4.18. The Labute approximate surface area is 114 Å². The van der Waals surface area contributed by atoms with Crippen molar-refractivity contribution in [3.63, 3.8) is 0 Å². The molecular formula is C14H12FN3S. The number of nitrogens with one attached hydrogen (secondary N) is 1. The number of nitrogens with zero attached hydrogens (tertiary/aromatic N) is 2. The Bertz CT molecular complexity index is 696. The molecule has 0 radical (unpaired) electrons. The highest BCUT2D eigenvalue weighted by Crippen LogP contribution is 2.32. The van der Waals surface area contributed by atoms with Crippen molar-refractivity contribution in [2.45, 2.75) is 6.04 Å². The summed E-state index contributed by atoms with van der Waals surface area (Å²) in [4.78, 5) is 9.51. The fourth-order valence-corrected chi connectivity index (χ4v) is 3.24. The second-order valence-corrected chi connectivity index (χ2v) is 5.30. The van der Waals surface area contributed by atoms with Crippen molar-refractivity contribution < 1.29 is 4.39 Å². The molecule has 0 spiro atoms. The Hall–Kier alpha value is -1.85. The molecule has 0 fully saturated rings. The molecule has 2 aromatic heterocycles. The van der Waals surface area contributed by atoms with Crippen LogP contribution in [0, 0.1) is 5.82 Å². The van der Waals surface area contributed by atoms with Gasteiger partial charge in [0.05, 0.1) is 17.9 Å². The van der Waals surface area contributed by atoms with Crippen LogP contribution in [-0.4, -0.2) is 17.0 Å². The number of halogens is 1. The van der Waals surface area contributed by atoms with Crippen LogP contribution in [0.5, 0.6) is 0 Å². The Balaban J connectivity index is 2.07. The number of aromatic nitrogens is 2. The fraction of sp³-hybridized carbons (Fsp3) is 0.143. The summed E-state index contributed by atoms with van der Waals surface area (Å²) < 4.78 is 14.3. The highest BCUT2D eigenvalue weighted by Gasteiger charge is 2.16. The lowest BCUT2D eigenvalue weighted by atomic mass is 10.1. The van der Waals surface area contributed by atoms with Gasteiger partial charge in [-0.25, -0.2) is 4.39 Å². The van der Waals surface area contributed by atoms with Gasteiger partial charge in [0.2, 0.25) is 0 Å². The Kier molecular flexibility index (Phi) is 3.23. The van der Waals surface area contributed by atoms with E-state index in [1.54, 1.807) is 36.0 Å². The number of benzene rings is 1. The molecule has 0 aliphatic carbocycles. The van der Waals surface area contributed by atoms with Crippen LogP contribution >= 0.6 is 11.3 Å². The van der Waals surface area contributed by atoms with Crippen LogP contribution in [0.15, 0.2) is 42.9 Å². The van der Waals surface area contributed by atoms with Crippen LogP contribution in [0.4, 0.5) is 4.39 Å². The summed E-state index contributed by atoms with van der Waals surface area (Å²) in [5.74, 6) is -0.211. The second kappa shape index (κ2) is 5.03. The molecule has 0 aliphatic rings. The van der Waals surface area contributed by atoms with Gasteiger partial charge in [-0.2, -0.15) is 0 Å². The molecular weight excluding hydrogens is 261 g/mol. The summed E-state index contributed by atoms with van der Waals surface area (Å²) in [7, 11) is 1.88. The summed E-state index contributed by atoms with van der Waals surface area (Å²) in [6.45, 7) is 0. The summed E-state index contributed by atoms with van der Waals surface area (Å²) in [5.41, 5.74) is 0.858. The van der Waals surface area contributed by atoms with Crippen molar-refractivity contribution in [1.29, 1.82) is 0 Å². The van der Waals surface area contributed by atoms with Gasteiger partial charge >= 0.3 is 0 Å². The van der Waals surface area contributed by atoms with Crippen molar-refractivity contribution in [3.8, 4) is 0 Å². The quantitative estimate of drug-likeness (QED) is 0.796. The van der Waals surface area contributed by atoms with E-state index < -0.39 is 0 Å². The molecule has 96 valence electrons. The molecule has 3 rings (SSSR count). The molecule has 5 heteroatoms. The van der Waals surface area contributed by atoms with Gasteiger partial charge in [-0.1, -0.05) is 0 Å². The topological polar surface area (TPSA) is 37.8 Å². The van der Waals surface area contributed by atoms with Gasteiger partial charge < -0.3 is 5.32 Å². The highest BCUT2D eigenvalue weighted by molar-refractivity contribution is 7.19. The Morgan fingerprint density at radius 2 is 2.16 bits per heavy atom. The largest absolute Gasteiger partial charge is 0.307 e. The first-order valence-electron chi connectivity index (χ1n) is 5.90. The molecule has 1 aromatic carbocycles. The van der Waals surface area contributed by atoms with E-state index in [9.17, 15) is 4.39 Å². The molecule has 2 heterocycles. The van der Waals surface area contributed by atoms with Gasteiger partial charge in [-0.05, 0) is 36.7 Å². The number of fused-ring (bicyclic) bond motifs is 1. The van der Waals surface area contributed by atoms with Crippen LogP contribution in [0.1, 0.15) is 16.6 Å². The lowest BCUT2D eigenvalue weighted by Gasteiger charge is -2.12. The van der Waals surface area contributed by atoms with E-state index in [0.29, 0.717) is 0 Å². The minimum absolute atomic E-state index is 0.0193. The Morgan fingerprint density at radius 3 is 2.89 bits per heavy atom. The van der Waals surface area contributed by atoms with Crippen LogP contribution in [-0.2, 0) is 0 Å². The molecule has 0 amide bonds. The summed E-state index contributed by atoms with van der Waals surface area (Å²) >= 11 is 1.64. The van der Waals surface area contributed by atoms with E-state index in [4.69, 9.17) is 0 Å². The SMILES string of the molecule is CNC(c1cnccn1)c1cc2cc(F)ccc2s1. The lowest BCUT2D eigenvalue weighted by molar-refractivity contribution is 0.630. The monoisotopic (exact) mass is 273 g/mol. The van der Waals surface area contributed by atoms with Crippen LogP contribution in [0.2, 0.25) is 0 Å². The minimum Gasteiger partial charge on any atom is -0.307 e. The summed E-state index contributed by atoms with van der Waals surface area (Å²) in [5, 5.41) is 4.14. The van der Waals surface area contributed by atoms with Gasteiger partial charge in [-0.15, -0.1) is 11.3 Å². The van der Waals surface area contributed by atoms with Crippen LogP contribution in [0.3, 0.4) is 0 Å². The van der Waals surface area contributed by atoms with E-state index in [1.165, 1.54) is 6.07 Å². The first-order valence-corrected chi connectivity index (χ1v) is 6.72. The molecule has 0 bridgehead atoms. The smallest absolute Gasteiger partial charge is 0.123 e. The maximum absolute atomic E-state index is 13.2. The predicted molar refractivity (Wildman–Crippen MR) is 74.7 cm³/mol. The first-order chi connectivity index (χ1) is 9.28. The zero-order chi connectivity index (χ0) is 13.2. The molecule has 0 saturated heterocycles. The van der Waals surface area contributed by atoms with Gasteiger partial charge in [0.15, 0.2) is 0 Å². The number of hydrogen-bond donors (Lipinski definition) is 1. The van der Waals surface area contributed by atoms with Gasteiger partial charge in [0.1, 0.15) is 5.82 Å². The molecule has 3 nitrogen and oxygen atoms in total. The van der Waals surface area contributed by atoms with E-state index in [0.717, 1.165) is 20.7 Å². The van der Waals surface area contributed by atoms with Crippen LogP contribution in [0.25, 0.3) is 10.1 Å². The third-order valence-electron chi connectivity index (χ3n) is 2.95. The molecule has 1 unspecified atom stereocenters. The molecule has 1 N–H and O–H groups in total. The van der Waals surface area contributed by atoms with E-state index in [1.807, 2.05) is 19.2 Å². The summed E-state index contributed by atoms with van der Waals surface area (Å²) in [6.07, 6.45) is 5.06. The van der Waals surface area contributed by atoms with Crippen molar-refractivity contribution in [3.05, 3.63) is 59.2 Å². The van der Waals surface area contributed by atoms with Crippen molar-refractivity contribution in [1.82, 2.24) is 15.3 Å². The fourth-order valence-electron chi connectivity index (χ4n) is 2.07. The maximum atomic E-state index is 13.2. The number of hydrogen-bond acceptors (Lipinski definition) is 4. The number of thiophene rings is 1. The molecule has 19 heavy (non-hydrogen) atoms. The average Bonchev–Trinajstić information content (AvgIpc) is 2.83.